The Morgan fingerprint density at radius 2 is 1.65 bits per heavy atom. The lowest BCUT2D eigenvalue weighted by atomic mass is 10.3. The highest BCUT2D eigenvalue weighted by Gasteiger charge is 2.23. The maximum atomic E-state index is 12.4. The smallest absolute Gasteiger partial charge is 0.264 e. The van der Waals surface area contributed by atoms with Crippen LogP contribution in [0.25, 0.3) is 0 Å². The first-order valence-electron chi connectivity index (χ1n) is 5.23. The summed E-state index contributed by atoms with van der Waals surface area (Å²) < 4.78 is 28.7. The van der Waals surface area contributed by atoms with Gasteiger partial charge >= 0.3 is 0 Å². The lowest BCUT2D eigenvalue weighted by Crippen LogP contribution is -2.14. The molecule has 8 heteroatoms. The zero-order chi connectivity index (χ0) is 14.9. The van der Waals surface area contributed by atoms with Gasteiger partial charge in [0.25, 0.3) is 10.0 Å². The van der Waals surface area contributed by atoms with E-state index in [-0.39, 0.29) is 14.9 Å². The molecule has 0 heterocycles. The maximum absolute atomic E-state index is 12.4. The van der Waals surface area contributed by atoms with Crippen LogP contribution < -0.4 is 4.72 Å². The number of rotatable bonds is 3. The molecule has 0 fully saturated rings. The van der Waals surface area contributed by atoms with Gasteiger partial charge in [-0.05, 0) is 46.9 Å². The van der Waals surface area contributed by atoms with Gasteiger partial charge in [0.15, 0.2) is 0 Å². The van der Waals surface area contributed by atoms with E-state index in [2.05, 4.69) is 20.7 Å². The third-order valence-corrected chi connectivity index (χ3v) is 6.03. The van der Waals surface area contributed by atoms with E-state index in [4.69, 9.17) is 23.2 Å². The molecule has 20 heavy (non-hydrogen) atoms. The Hall–Kier alpha value is -0.0200. The minimum Gasteiger partial charge on any atom is -0.278 e. The van der Waals surface area contributed by atoms with Crippen LogP contribution in [0.5, 0.6) is 0 Å². The van der Waals surface area contributed by atoms with E-state index in [1.165, 1.54) is 12.1 Å². The molecule has 0 radical (unpaired) electrons. The van der Waals surface area contributed by atoms with Gasteiger partial charge < -0.3 is 0 Å². The summed E-state index contributed by atoms with van der Waals surface area (Å²) in [4.78, 5) is -0.135. The topological polar surface area (TPSA) is 46.2 Å². The number of halogens is 4. The van der Waals surface area contributed by atoms with Crippen LogP contribution in [0.4, 0.5) is 5.69 Å². The molecule has 0 amide bonds. The number of hydrogen-bond acceptors (Lipinski definition) is 2. The summed E-state index contributed by atoms with van der Waals surface area (Å²) in [6.07, 6.45) is 0. The predicted octanol–water partition coefficient (Wildman–Crippen LogP) is 5.16. The van der Waals surface area contributed by atoms with Gasteiger partial charge in [-0.25, -0.2) is 8.42 Å². The Morgan fingerprint density at radius 1 is 1.10 bits per heavy atom. The molecule has 3 nitrogen and oxygen atoms in total. The molecular formula is C12H7BrCl2INO2S. The van der Waals surface area contributed by atoms with Crippen molar-refractivity contribution in [3.8, 4) is 0 Å². The average molecular weight is 507 g/mol. The van der Waals surface area contributed by atoms with Crippen LogP contribution in [0.15, 0.2) is 45.8 Å². The van der Waals surface area contributed by atoms with Gasteiger partial charge in [-0.2, -0.15) is 0 Å². The quantitative estimate of drug-likeness (QED) is 0.584. The van der Waals surface area contributed by atoms with E-state index in [1.54, 1.807) is 18.2 Å². The summed E-state index contributed by atoms with van der Waals surface area (Å²) in [5.74, 6) is 0. The summed E-state index contributed by atoms with van der Waals surface area (Å²) in [5.41, 5.74) is 0.475. The second-order valence-corrected chi connectivity index (χ2v) is 8.30. The fraction of sp³-hybridized carbons (Fsp3) is 0. The monoisotopic (exact) mass is 505 g/mol. The third kappa shape index (κ3) is 3.59. The zero-order valence-corrected chi connectivity index (χ0v) is 15.8. The van der Waals surface area contributed by atoms with Gasteiger partial charge in [0.2, 0.25) is 0 Å². The Balaban J connectivity index is 2.50. The van der Waals surface area contributed by atoms with Crippen LogP contribution in [0.2, 0.25) is 10.0 Å². The molecule has 0 atom stereocenters. The predicted molar refractivity (Wildman–Crippen MR) is 94.1 cm³/mol. The van der Waals surface area contributed by atoms with Crippen LogP contribution >= 0.6 is 61.7 Å². The number of para-hydroxylation sites is 1. The van der Waals surface area contributed by atoms with E-state index in [9.17, 15) is 8.42 Å². The molecule has 0 aliphatic carbocycles. The van der Waals surface area contributed by atoms with Crippen LogP contribution in [0.1, 0.15) is 0 Å². The van der Waals surface area contributed by atoms with Crippen molar-refractivity contribution in [2.75, 3.05) is 4.72 Å². The van der Waals surface area contributed by atoms with Gasteiger partial charge in [-0.15, -0.1) is 0 Å². The summed E-state index contributed by atoms with van der Waals surface area (Å²) in [6, 6.07) is 9.99. The van der Waals surface area contributed by atoms with Crippen molar-refractivity contribution in [1.82, 2.24) is 0 Å². The summed E-state index contributed by atoms with van der Waals surface area (Å²) >= 11 is 17.2. The van der Waals surface area contributed by atoms with Crippen molar-refractivity contribution >= 4 is 77.4 Å². The van der Waals surface area contributed by atoms with Crippen molar-refractivity contribution in [3.05, 3.63) is 54.5 Å². The largest absolute Gasteiger partial charge is 0.278 e. The van der Waals surface area contributed by atoms with Crippen LogP contribution in [0.3, 0.4) is 0 Å². The summed E-state index contributed by atoms with van der Waals surface area (Å²) in [7, 11) is -3.85. The number of hydrogen-bond donors (Lipinski definition) is 1. The van der Waals surface area contributed by atoms with Crippen molar-refractivity contribution in [1.29, 1.82) is 0 Å². The highest BCUT2D eigenvalue weighted by molar-refractivity contribution is 14.1. The normalized spacial score (nSPS) is 11.4. The highest BCUT2D eigenvalue weighted by Crippen LogP contribution is 2.34. The Morgan fingerprint density at radius 3 is 2.20 bits per heavy atom. The number of sulfonamides is 1. The van der Waals surface area contributed by atoms with Gasteiger partial charge in [-0.1, -0.05) is 51.3 Å². The standard InChI is InChI=1S/C12H7BrCl2INO2S/c13-7-5-8(14)12(9(15)6-7)20(18,19)17-11-4-2-1-3-10(11)16/h1-6,17H. The minimum atomic E-state index is -3.85. The van der Waals surface area contributed by atoms with Gasteiger partial charge in [0.05, 0.1) is 15.7 Å². The van der Waals surface area contributed by atoms with Gasteiger partial charge in [0, 0.05) is 8.04 Å². The molecular weight excluding hydrogens is 500 g/mol. The third-order valence-electron chi connectivity index (χ3n) is 2.35. The second-order valence-electron chi connectivity index (χ2n) is 3.78. The van der Waals surface area contributed by atoms with Crippen LogP contribution in [-0.2, 0) is 10.0 Å². The lowest BCUT2D eigenvalue weighted by molar-refractivity contribution is 0.601. The van der Waals surface area contributed by atoms with Gasteiger partial charge in [-0.3, -0.25) is 4.72 Å². The molecule has 0 aliphatic heterocycles. The van der Waals surface area contributed by atoms with Crippen LogP contribution in [-0.4, -0.2) is 8.42 Å². The van der Waals surface area contributed by atoms with E-state index in [0.29, 0.717) is 10.2 Å². The van der Waals surface area contributed by atoms with E-state index < -0.39 is 10.0 Å². The van der Waals surface area contributed by atoms with E-state index in [1.807, 2.05) is 28.7 Å². The second kappa shape index (κ2) is 6.39. The molecule has 0 unspecified atom stereocenters. The molecule has 106 valence electrons. The summed E-state index contributed by atoms with van der Waals surface area (Å²) in [5, 5.41) is 0.116. The summed E-state index contributed by atoms with van der Waals surface area (Å²) in [6.45, 7) is 0. The molecule has 0 aromatic heterocycles. The Bertz CT molecular complexity index is 745. The van der Waals surface area contributed by atoms with Crippen molar-refractivity contribution in [3.63, 3.8) is 0 Å². The molecule has 0 aliphatic rings. The van der Waals surface area contributed by atoms with Crippen molar-refractivity contribution < 1.29 is 8.42 Å². The molecule has 0 saturated carbocycles. The average Bonchev–Trinajstić information content (AvgIpc) is 2.30. The minimum absolute atomic E-state index is 0.0582. The first-order chi connectivity index (χ1) is 9.31. The molecule has 1 N–H and O–H groups in total. The maximum Gasteiger partial charge on any atom is 0.264 e. The number of anilines is 1. The van der Waals surface area contributed by atoms with E-state index in [0.717, 1.165) is 3.57 Å². The van der Waals surface area contributed by atoms with Gasteiger partial charge in [0.1, 0.15) is 4.90 Å². The van der Waals surface area contributed by atoms with Crippen LogP contribution in [0, 0.1) is 3.57 Å². The zero-order valence-electron chi connectivity index (χ0n) is 9.70. The number of nitrogens with one attached hydrogen (secondary N) is 1. The molecule has 2 aromatic rings. The number of benzene rings is 2. The van der Waals surface area contributed by atoms with E-state index >= 15 is 0 Å². The SMILES string of the molecule is O=S(=O)(Nc1ccccc1I)c1c(Cl)cc(Br)cc1Cl. The Kier molecular flexibility index (Phi) is 5.23. The Labute approximate surface area is 149 Å². The molecule has 0 spiro atoms. The molecule has 2 rings (SSSR count). The molecule has 2 aromatic carbocycles. The first-order valence-corrected chi connectivity index (χ1v) is 9.34. The molecule has 0 saturated heterocycles. The fourth-order valence-electron chi connectivity index (χ4n) is 1.53. The molecule has 0 bridgehead atoms. The first kappa shape index (κ1) is 16.4. The fourth-order valence-corrected chi connectivity index (χ4v) is 5.25. The van der Waals surface area contributed by atoms with Crippen molar-refractivity contribution in [2.24, 2.45) is 0 Å². The highest BCUT2D eigenvalue weighted by atomic mass is 127. The van der Waals surface area contributed by atoms with Crippen molar-refractivity contribution in [2.45, 2.75) is 4.90 Å². The lowest BCUT2D eigenvalue weighted by Gasteiger charge is -2.12.